The van der Waals surface area contributed by atoms with Crippen LogP contribution in [0.3, 0.4) is 0 Å². The number of carbonyl (C=O) groups is 1. The summed E-state index contributed by atoms with van der Waals surface area (Å²) in [5, 5.41) is 11.6. The lowest BCUT2D eigenvalue weighted by molar-refractivity contribution is -0.189. The van der Waals surface area contributed by atoms with E-state index < -0.39 is 17.2 Å². The van der Waals surface area contributed by atoms with Crippen LogP contribution in [0.15, 0.2) is 59.0 Å². The monoisotopic (exact) mass is 472 g/mol. The number of allylic oxidation sites excluding steroid dienone is 4. The molecular formula is C27H33FO2S2. The number of aliphatic hydroxyl groups excluding tert-OH is 1. The topological polar surface area (TPSA) is 37.3 Å². The summed E-state index contributed by atoms with van der Waals surface area (Å²) < 4.78 is 17.2. The number of thioether (sulfide) groups is 2. The van der Waals surface area contributed by atoms with Gasteiger partial charge in [-0.1, -0.05) is 43.7 Å². The summed E-state index contributed by atoms with van der Waals surface area (Å²) in [4.78, 5) is 13.3. The average molecular weight is 473 g/mol. The molecule has 3 saturated carbocycles. The number of hydrogen-bond donors (Lipinski definition) is 1. The second kappa shape index (κ2) is 7.74. The molecule has 5 heteroatoms. The molecule has 3 fully saturated rings. The fourth-order valence-electron chi connectivity index (χ4n) is 7.51. The fraction of sp³-hybridized carbons (Fsp3) is 0.593. The molecule has 2 nitrogen and oxygen atoms in total. The van der Waals surface area contributed by atoms with Gasteiger partial charge in [-0.3, -0.25) is 4.79 Å². The number of hydrogen-bond acceptors (Lipinski definition) is 4. The fourth-order valence-corrected chi connectivity index (χ4v) is 11.0. The van der Waals surface area contributed by atoms with Crippen molar-refractivity contribution in [2.45, 2.75) is 73.6 Å². The van der Waals surface area contributed by atoms with Crippen LogP contribution in [0.25, 0.3) is 0 Å². The van der Waals surface area contributed by atoms with E-state index in [1.54, 1.807) is 12.2 Å². The molecule has 0 spiro atoms. The number of alkyl halides is 1. The van der Waals surface area contributed by atoms with Gasteiger partial charge in [-0.15, -0.1) is 23.5 Å². The van der Waals surface area contributed by atoms with E-state index in [0.29, 0.717) is 12.8 Å². The molecule has 32 heavy (non-hydrogen) atoms. The highest BCUT2D eigenvalue weighted by Crippen LogP contribution is 2.74. The molecule has 0 radical (unpaired) electrons. The zero-order valence-corrected chi connectivity index (χ0v) is 20.8. The normalized spacial score (nSPS) is 45.1. The second-order valence-corrected chi connectivity index (χ2v) is 13.6. The Morgan fingerprint density at radius 1 is 1.16 bits per heavy atom. The minimum atomic E-state index is -1.73. The molecule has 0 heterocycles. The van der Waals surface area contributed by atoms with Crippen molar-refractivity contribution in [3.63, 3.8) is 0 Å². The maximum absolute atomic E-state index is 17.3. The van der Waals surface area contributed by atoms with Gasteiger partial charge >= 0.3 is 0 Å². The zero-order valence-electron chi connectivity index (χ0n) is 19.1. The van der Waals surface area contributed by atoms with E-state index in [4.69, 9.17) is 0 Å². The predicted molar refractivity (Wildman–Crippen MR) is 132 cm³/mol. The van der Waals surface area contributed by atoms with Crippen molar-refractivity contribution in [2.75, 3.05) is 5.75 Å². The first kappa shape index (κ1) is 22.7. The van der Waals surface area contributed by atoms with Gasteiger partial charge in [-0.2, -0.15) is 0 Å². The van der Waals surface area contributed by atoms with Gasteiger partial charge in [0.05, 0.1) is 10.2 Å². The van der Waals surface area contributed by atoms with E-state index in [1.807, 2.05) is 36.5 Å². The third kappa shape index (κ3) is 2.93. The summed E-state index contributed by atoms with van der Waals surface area (Å²) in [6.07, 6.45) is 7.75. The molecule has 1 aromatic carbocycles. The molecule has 5 rings (SSSR count). The number of rotatable bonds is 4. The number of halogens is 1. The lowest BCUT2D eigenvalue weighted by Gasteiger charge is -2.63. The number of ketones is 1. The molecule has 4 aliphatic rings. The summed E-state index contributed by atoms with van der Waals surface area (Å²) in [5.41, 5.74) is -1.94. The molecule has 1 unspecified atom stereocenters. The molecule has 0 aliphatic heterocycles. The lowest BCUT2D eigenvalue weighted by Crippen LogP contribution is -2.67. The molecular weight excluding hydrogens is 439 g/mol. The van der Waals surface area contributed by atoms with Crippen molar-refractivity contribution in [1.29, 1.82) is 0 Å². The molecule has 0 aromatic heterocycles. The molecule has 172 valence electrons. The van der Waals surface area contributed by atoms with Gasteiger partial charge < -0.3 is 5.11 Å². The van der Waals surface area contributed by atoms with Crippen LogP contribution in [0, 0.1) is 22.7 Å². The maximum Gasteiger partial charge on any atom is 0.178 e. The zero-order chi connectivity index (χ0) is 22.8. The lowest BCUT2D eigenvalue weighted by atomic mass is 9.46. The smallest absolute Gasteiger partial charge is 0.178 e. The van der Waals surface area contributed by atoms with Gasteiger partial charge in [-0.25, -0.2) is 4.39 Å². The first-order valence-corrected chi connectivity index (χ1v) is 13.7. The summed E-state index contributed by atoms with van der Waals surface area (Å²) in [5.74, 6) is 0.953. The summed E-state index contributed by atoms with van der Waals surface area (Å²) in [7, 11) is 0. The third-order valence-corrected chi connectivity index (χ3v) is 12.6. The van der Waals surface area contributed by atoms with E-state index in [1.165, 1.54) is 11.0 Å². The molecule has 0 saturated heterocycles. The third-order valence-electron chi connectivity index (χ3n) is 9.09. The van der Waals surface area contributed by atoms with E-state index >= 15 is 4.39 Å². The second-order valence-electron chi connectivity index (χ2n) is 10.4. The number of benzene rings is 1. The Morgan fingerprint density at radius 3 is 2.62 bits per heavy atom. The minimum Gasteiger partial charge on any atom is -0.390 e. The predicted octanol–water partition coefficient (Wildman–Crippen LogP) is 6.60. The first-order chi connectivity index (χ1) is 15.2. The van der Waals surface area contributed by atoms with Crippen molar-refractivity contribution >= 4 is 29.3 Å². The van der Waals surface area contributed by atoms with Crippen LogP contribution in [-0.4, -0.2) is 32.5 Å². The van der Waals surface area contributed by atoms with Gasteiger partial charge in [0.25, 0.3) is 0 Å². The molecule has 7 atom stereocenters. The van der Waals surface area contributed by atoms with Crippen molar-refractivity contribution in [2.24, 2.45) is 22.7 Å². The highest BCUT2D eigenvalue weighted by Gasteiger charge is 2.73. The van der Waals surface area contributed by atoms with E-state index in [-0.39, 0.29) is 27.1 Å². The standard InChI is InChI=1S/C27H33FO2S2/c1-4-31-26(32-20-8-6-5-7-9-20)15-13-21-22-11-10-18-16-19(29)12-14-24(18,2)27(22,28)23(30)17-25(21,26)3/h5-9,12,14,16,21-23,30H,4,10-11,13,15,17H2,1-3H3/t21-,22-,23-,24-,25-,26?,27-/m0/s1. The van der Waals surface area contributed by atoms with Crippen molar-refractivity contribution in [1.82, 2.24) is 0 Å². The van der Waals surface area contributed by atoms with Crippen LogP contribution in [-0.2, 0) is 4.79 Å². The Labute approximate surface area is 199 Å². The number of fused-ring (bicyclic) bond motifs is 5. The summed E-state index contributed by atoms with van der Waals surface area (Å²) in [6.45, 7) is 6.43. The van der Waals surface area contributed by atoms with Crippen LogP contribution >= 0.6 is 23.5 Å². The van der Waals surface area contributed by atoms with Crippen LogP contribution in [0.4, 0.5) is 4.39 Å². The first-order valence-electron chi connectivity index (χ1n) is 11.9. The number of aliphatic hydroxyl groups is 1. The quantitative estimate of drug-likeness (QED) is 0.501. The van der Waals surface area contributed by atoms with Gasteiger partial charge in [0.2, 0.25) is 0 Å². The highest BCUT2D eigenvalue weighted by molar-refractivity contribution is 8.18. The molecule has 1 aromatic rings. The van der Waals surface area contributed by atoms with Crippen LogP contribution < -0.4 is 0 Å². The summed E-state index contributed by atoms with van der Waals surface area (Å²) >= 11 is 3.92. The molecule has 1 N–H and O–H groups in total. The number of carbonyl (C=O) groups excluding carboxylic acids is 1. The van der Waals surface area contributed by atoms with Gasteiger partial charge in [-0.05, 0) is 80.4 Å². The maximum atomic E-state index is 17.3. The van der Waals surface area contributed by atoms with Crippen LogP contribution in [0.2, 0.25) is 0 Å². The highest BCUT2D eigenvalue weighted by atomic mass is 32.2. The van der Waals surface area contributed by atoms with E-state index in [0.717, 1.165) is 30.6 Å². The molecule has 4 aliphatic carbocycles. The van der Waals surface area contributed by atoms with Crippen LogP contribution in [0.5, 0.6) is 0 Å². The Kier molecular flexibility index (Phi) is 5.50. The Bertz CT molecular complexity index is 977. The van der Waals surface area contributed by atoms with Crippen molar-refractivity contribution in [3.8, 4) is 0 Å². The summed E-state index contributed by atoms with van der Waals surface area (Å²) in [6, 6.07) is 10.5. The van der Waals surface area contributed by atoms with Gasteiger partial charge in [0.1, 0.15) is 0 Å². The Balaban J connectivity index is 1.56. The van der Waals surface area contributed by atoms with E-state index in [2.05, 4.69) is 38.1 Å². The Hall–Kier alpha value is -1.04. The van der Waals surface area contributed by atoms with Gasteiger partial charge in [0, 0.05) is 16.2 Å². The average Bonchev–Trinajstić information content (AvgIpc) is 3.02. The minimum absolute atomic E-state index is 0.0619. The van der Waals surface area contributed by atoms with Crippen molar-refractivity contribution in [3.05, 3.63) is 54.1 Å². The molecule has 0 bridgehead atoms. The van der Waals surface area contributed by atoms with Crippen LogP contribution in [0.1, 0.15) is 52.9 Å². The Morgan fingerprint density at radius 2 is 1.91 bits per heavy atom. The SMILES string of the molecule is CCSC1(Sc2ccccc2)CC[C@H]2[C@@H]3CCC4=CC(=O)C=C[C@]4(C)[C@@]3(F)[C@@H](O)C[C@@]21C. The van der Waals surface area contributed by atoms with Crippen molar-refractivity contribution < 1.29 is 14.3 Å². The van der Waals surface area contributed by atoms with Gasteiger partial charge in [0.15, 0.2) is 11.5 Å². The largest absolute Gasteiger partial charge is 0.390 e. The molecule has 0 amide bonds. The van der Waals surface area contributed by atoms with E-state index in [9.17, 15) is 9.90 Å².